The van der Waals surface area contributed by atoms with Crippen LogP contribution < -0.4 is 0 Å². The predicted molar refractivity (Wildman–Crippen MR) is 187 cm³/mol. The van der Waals surface area contributed by atoms with Crippen molar-refractivity contribution in [2.75, 3.05) is 0 Å². The molecule has 0 N–H and O–H groups in total. The van der Waals surface area contributed by atoms with Gasteiger partial charge in [0.1, 0.15) is 0 Å². The summed E-state index contributed by atoms with van der Waals surface area (Å²) in [5, 5.41) is 0. The van der Waals surface area contributed by atoms with Gasteiger partial charge in [-0.05, 0) is 25.7 Å². The van der Waals surface area contributed by atoms with E-state index in [1.165, 1.54) is 231 Å². The zero-order chi connectivity index (χ0) is 28.9. The molecule has 0 aliphatic rings. The lowest BCUT2D eigenvalue weighted by molar-refractivity contribution is 0.512. The van der Waals surface area contributed by atoms with Crippen molar-refractivity contribution in [3.05, 3.63) is 12.2 Å². The Hall–Kier alpha value is -0.260. The van der Waals surface area contributed by atoms with Crippen LogP contribution in [0, 0.1) is 0 Å². The fraction of sp³-hybridized carbons (Fsp3) is 0.950. The fourth-order valence-corrected chi connectivity index (χ4v) is 6.21. The maximum Gasteiger partial charge on any atom is -0.0351 e. The number of rotatable bonds is 36. The molecule has 0 heterocycles. The first-order valence-corrected chi connectivity index (χ1v) is 19.6. The van der Waals surface area contributed by atoms with Crippen molar-refractivity contribution in [1.82, 2.24) is 0 Å². The third-order valence-electron chi connectivity index (χ3n) is 9.12. The molecule has 0 rings (SSSR count). The lowest BCUT2D eigenvalue weighted by Crippen LogP contribution is -1.85. The van der Waals surface area contributed by atoms with Crippen molar-refractivity contribution in [3.8, 4) is 0 Å². The summed E-state index contributed by atoms with van der Waals surface area (Å²) in [5.74, 6) is 0. The van der Waals surface area contributed by atoms with Crippen molar-refractivity contribution in [2.45, 2.75) is 245 Å². The lowest BCUT2D eigenvalue weighted by atomic mass is 10.0. The summed E-state index contributed by atoms with van der Waals surface area (Å²) in [6, 6.07) is 0. The molecular formula is C40H80. The molecule has 0 nitrogen and oxygen atoms in total. The van der Waals surface area contributed by atoms with Gasteiger partial charge in [-0.15, -0.1) is 0 Å². The van der Waals surface area contributed by atoms with Crippen LogP contribution in [0.3, 0.4) is 0 Å². The number of hydrogen-bond acceptors (Lipinski definition) is 0. The first kappa shape index (κ1) is 39.7. The van der Waals surface area contributed by atoms with Crippen molar-refractivity contribution >= 4 is 0 Å². The molecule has 0 unspecified atom stereocenters. The van der Waals surface area contributed by atoms with Gasteiger partial charge in [0.05, 0.1) is 0 Å². The van der Waals surface area contributed by atoms with E-state index in [9.17, 15) is 0 Å². The summed E-state index contributed by atoms with van der Waals surface area (Å²) in [6.07, 6.45) is 57.4. The van der Waals surface area contributed by atoms with Crippen LogP contribution in [0.1, 0.15) is 245 Å². The molecule has 0 saturated heterocycles. The molecule has 0 aliphatic heterocycles. The van der Waals surface area contributed by atoms with Gasteiger partial charge < -0.3 is 0 Å². The van der Waals surface area contributed by atoms with Gasteiger partial charge in [-0.1, -0.05) is 231 Å². The van der Waals surface area contributed by atoms with Crippen LogP contribution in [0.25, 0.3) is 0 Å². The molecule has 0 heteroatoms. The largest absolute Gasteiger partial charge is 0.0885 e. The van der Waals surface area contributed by atoms with Gasteiger partial charge in [-0.3, -0.25) is 0 Å². The molecule has 0 aromatic heterocycles. The molecule has 0 aromatic carbocycles. The van der Waals surface area contributed by atoms with E-state index in [4.69, 9.17) is 0 Å². The van der Waals surface area contributed by atoms with E-state index in [1.54, 1.807) is 0 Å². The quantitative estimate of drug-likeness (QED) is 0.0528. The highest BCUT2D eigenvalue weighted by molar-refractivity contribution is 4.81. The Morgan fingerprint density at radius 2 is 0.350 bits per heavy atom. The van der Waals surface area contributed by atoms with E-state index >= 15 is 0 Å². The molecule has 0 bridgehead atoms. The van der Waals surface area contributed by atoms with Crippen LogP contribution in [-0.2, 0) is 0 Å². The molecule has 0 amide bonds. The molecular weight excluding hydrogens is 480 g/mol. The summed E-state index contributed by atoms with van der Waals surface area (Å²) >= 11 is 0. The Kier molecular flexibility index (Phi) is 38.5. The second-order valence-electron chi connectivity index (χ2n) is 13.4. The second kappa shape index (κ2) is 38.7. The molecule has 0 fully saturated rings. The van der Waals surface area contributed by atoms with Crippen molar-refractivity contribution in [1.29, 1.82) is 0 Å². The van der Waals surface area contributed by atoms with E-state index < -0.39 is 0 Å². The minimum atomic E-state index is 1.30. The molecule has 0 radical (unpaired) electrons. The zero-order valence-corrected chi connectivity index (χ0v) is 28.6. The molecule has 0 aliphatic carbocycles. The predicted octanol–water partition coefficient (Wildman–Crippen LogP) is 15.6. The van der Waals surface area contributed by atoms with Crippen LogP contribution in [0.4, 0.5) is 0 Å². The second-order valence-corrected chi connectivity index (χ2v) is 13.4. The zero-order valence-electron chi connectivity index (χ0n) is 28.6. The number of unbranched alkanes of at least 4 members (excludes halogenated alkanes) is 34. The molecule has 0 atom stereocenters. The van der Waals surface area contributed by atoms with Crippen molar-refractivity contribution in [3.63, 3.8) is 0 Å². The van der Waals surface area contributed by atoms with E-state index in [0.29, 0.717) is 0 Å². The van der Waals surface area contributed by atoms with Gasteiger partial charge in [0.25, 0.3) is 0 Å². The Morgan fingerprint density at radius 1 is 0.200 bits per heavy atom. The van der Waals surface area contributed by atoms with Crippen molar-refractivity contribution in [2.24, 2.45) is 0 Å². The minimum Gasteiger partial charge on any atom is -0.0885 e. The van der Waals surface area contributed by atoms with Gasteiger partial charge in [-0.2, -0.15) is 0 Å². The normalized spacial score (nSPS) is 11.8. The number of allylic oxidation sites excluding steroid dienone is 2. The highest BCUT2D eigenvalue weighted by Gasteiger charge is 1.97. The van der Waals surface area contributed by atoms with Crippen LogP contribution in [0.15, 0.2) is 12.2 Å². The molecule has 0 saturated carbocycles. The monoisotopic (exact) mass is 561 g/mol. The Morgan fingerprint density at radius 3 is 0.575 bits per heavy atom. The van der Waals surface area contributed by atoms with E-state index in [-0.39, 0.29) is 0 Å². The van der Waals surface area contributed by atoms with Crippen LogP contribution in [0.2, 0.25) is 0 Å². The lowest BCUT2D eigenvalue weighted by Gasteiger charge is -2.04. The Balaban J connectivity index is 3.04. The van der Waals surface area contributed by atoms with Gasteiger partial charge >= 0.3 is 0 Å². The Bertz CT molecular complexity index is 435. The van der Waals surface area contributed by atoms with Gasteiger partial charge in [0.15, 0.2) is 0 Å². The smallest absolute Gasteiger partial charge is 0.0351 e. The van der Waals surface area contributed by atoms with Crippen LogP contribution in [0.5, 0.6) is 0 Å². The number of hydrogen-bond donors (Lipinski definition) is 0. The van der Waals surface area contributed by atoms with Crippen LogP contribution >= 0.6 is 0 Å². The molecule has 0 spiro atoms. The van der Waals surface area contributed by atoms with E-state index in [0.717, 1.165) is 0 Å². The van der Waals surface area contributed by atoms with Crippen molar-refractivity contribution < 1.29 is 0 Å². The maximum atomic E-state index is 2.43. The highest BCUT2D eigenvalue weighted by atomic mass is 14.0. The SMILES string of the molecule is CCCCCC=CCCCCCCCCCCCCCCCCCCCCCCCCCCCCCCCCC. The summed E-state index contributed by atoms with van der Waals surface area (Å²) in [6.45, 7) is 4.59. The van der Waals surface area contributed by atoms with Gasteiger partial charge in [0, 0.05) is 0 Å². The highest BCUT2D eigenvalue weighted by Crippen LogP contribution is 2.17. The maximum absolute atomic E-state index is 2.43. The van der Waals surface area contributed by atoms with Crippen LogP contribution in [-0.4, -0.2) is 0 Å². The van der Waals surface area contributed by atoms with Gasteiger partial charge in [0.2, 0.25) is 0 Å². The molecule has 40 heavy (non-hydrogen) atoms. The fourth-order valence-electron chi connectivity index (χ4n) is 6.21. The summed E-state index contributed by atoms with van der Waals surface area (Å²) in [4.78, 5) is 0. The molecule has 240 valence electrons. The standard InChI is InChI=1S/C40H80/c1-3-5-7-9-11-13-15-17-19-21-23-25-27-29-31-33-35-37-39-40-38-36-34-32-30-28-26-24-22-20-18-16-14-12-10-8-6-4-2/h11,13H,3-10,12,14-40H2,1-2H3. The summed E-state index contributed by atoms with van der Waals surface area (Å²) in [5.41, 5.74) is 0. The first-order valence-electron chi connectivity index (χ1n) is 19.6. The first-order chi connectivity index (χ1) is 19.9. The summed E-state index contributed by atoms with van der Waals surface area (Å²) < 4.78 is 0. The minimum absolute atomic E-state index is 1.30. The average Bonchev–Trinajstić information content (AvgIpc) is 2.97. The topological polar surface area (TPSA) is 0 Å². The van der Waals surface area contributed by atoms with Gasteiger partial charge in [-0.25, -0.2) is 0 Å². The summed E-state index contributed by atoms with van der Waals surface area (Å²) in [7, 11) is 0. The Labute approximate surface area is 256 Å². The third kappa shape index (κ3) is 37.7. The molecule has 0 aromatic rings. The van der Waals surface area contributed by atoms with E-state index in [2.05, 4.69) is 26.0 Å². The average molecular weight is 561 g/mol. The van der Waals surface area contributed by atoms with E-state index in [1.807, 2.05) is 0 Å². The third-order valence-corrected chi connectivity index (χ3v) is 9.12.